The zero-order valence-electron chi connectivity index (χ0n) is 12.1. The molecule has 3 heteroatoms. The number of benzene rings is 1. The van der Waals surface area contributed by atoms with Crippen molar-refractivity contribution in [3.63, 3.8) is 0 Å². The highest BCUT2D eigenvalue weighted by molar-refractivity contribution is 5.87. The average Bonchev–Trinajstić information content (AvgIpc) is 2.87. The van der Waals surface area contributed by atoms with Crippen LogP contribution in [0.3, 0.4) is 0 Å². The van der Waals surface area contributed by atoms with E-state index >= 15 is 0 Å². The van der Waals surface area contributed by atoms with Gasteiger partial charge < -0.3 is 10.2 Å². The van der Waals surface area contributed by atoms with E-state index in [1.165, 1.54) is 5.56 Å². The van der Waals surface area contributed by atoms with Crippen molar-refractivity contribution >= 4 is 11.6 Å². The minimum Gasteiger partial charge on any atom is -0.373 e. The minimum atomic E-state index is -0.0820. The van der Waals surface area contributed by atoms with Gasteiger partial charge in [-0.15, -0.1) is 0 Å². The summed E-state index contributed by atoms with van der Waals surface area (Å²) in [5, 5.41) is 3.35. The lowest BCUT2D eigenvalue weighted by molar-refractivity contribution is -0.132. The first-order valence-corrected chi connectivity index (χ1v) is 7.28. The summed E-state index contributed by atoms with van der Waals surface area (Å²) in [4.78, 5) is 14.5. The lowest BCUT2D eigenvalue weighted by atomic mass is 10.1. The maximum absolute atomic E-state index is 12.6. The molecule has 2 rings (SSSR count). The molecule has 1 N–H and O–H groups in total. The van der Waals surface area contributed by atoms with Gasteiger partial charge in [0, 0.05) is 25.2 Å². The number of carbonyl (C=O) groups is 1. The van der Waals surface area contributed by atoms with Crippen molar-refractivity contribution in [2.45, 2.75) is 39.7 Å². The van der Waals surface area contributed by atoms with Crippen LogP contribution in [0.2, 0.25) is 0 Å². The van der Waals surface area contributed by atoms with Crippen LogP contribution in [-0.4, -0.2) is 29.9 Å². The maximum Gasteiger partial charge on any atom is 0.245 e. The zero-order chi connectivity index (χ0) is 13.8. The molecule has 0 aliphatic carbocycles. The zero-order valence-corrected chi connectivity index (χ0v) is 12.1. The summed E-state index contributed by atoms with van der Waals surface area (Å²) in [5.74, 6) is 0.798. The number of likely N-dealkylation sites (N-methyl/N-ethyl adjacent to an activating group) is 1. The lowest BCUT2D eigenvalue weighted by Gasteiger charge is -2.27. The minimum absolute atomic E-state index is 0.0820. The Kier molecular flexibility index (Phi) is 4.46. The topological polar surface area (TPSA) is 32.3 Å². The summed E-state index contributed by atoms with van der Waals surface area (Å²) in [5.41, 5.74) is 2.36. The molecular formula is C16H24N2O. The second kappa shape index (κ2) is 6.09. The molecule has 0 aromatic heterocycles. The van der Waals surface area contributed by atoms with Crippen LogP contribution in [0.5, 0.6) is 0 Å². The molecular weight excluding hydrogens is 236 g/mol. The number of nitrogens with zero attached hydrogens (tertiary/aromatic N) is 1. The van der Waals surface area contributed by atoms with Crippen molar-refractivity contribution in [1.29, 1.82) is 0 Å². The summed E-state index contributed by atoms with van der Waals surface area (Å²) in [6.07, 6.45) is 1.92. The monoisotopic (exact) mass is 260 g/mol. The molecule has 0 saturated heterocycles. The maximum atomic E-state index is 12.6. The predicted octanol–water partition coefficient (Wildman–Crippen LogP) is 2.92. The summed E-state index contributed by atoms with van der Waals surface area (Å²) >= 11 is 0. The summed E-state index contributed by atoms with van der Waals surface area (Å²) < 4.78 is 0. The Hall–Kier alpha value is -1.51. The summed E-state index contributed by atoms with van der Waals surface area (Å²) in [7, 11) is 0. The third kappa shape index (κ3) is 3.09. The summed E-state index contributed by atoms with van der Waals surface area (Å²) in [6, 6.07) is 8.11. The van der Waals surface area contributed by atoms with Crippen LogP contribution in [-0.2, 0) is 11.2 Å². The van der Waals surface area contributed by atoms with Crippen molar-refractivity contribution in [3.8, 4) is 0 Å². The van der Waals surface area contributed by atoms with Gasteiger partial charge >= 0.3 is 0 Å². The van der Waals surface area contributed by atoms with Gasteiger partial charge in [0.05, 0.1) is 0 Å². The van der Waals surface area contributed by atoms with Crippen LogP contribution >= 0.6 is 0 Å². The van der Waals surface area contributed by atoms with E-state index in [1.54, 1.807) is 0 Å². The molecule has 2 atom stereocenters. The Bertz CT molecular complexity index is 419. The van der Waals surface area contributed by atoms with Crippen molar-refractivity contribution in [3.05, 3.63) is 29.8 Å². The largest absolute Gasteiger partial charge is 0.373 e. The van der Waals surface area contributed by atoms with Crippen LogP contribution in [0.1, 0.15) is 32.8 Å². The predicted molar refractivity (Wildman–Crippen MR) is 79.3 cm³/mol. The quantitative estimate of drug-likeness (QED) is 0.883. The second-order valence-corrected chi connectivity index (χ2v) is 5.45. The molecule has 0 saturated carbocycles. The molecule has 0 bridgehead atoms. The standard InChI is InChI=1S/C16H24N2O/c1-4-12(3)11-18(5-2)16(19)15-10-13-8-6-7-9-14(13)17-15/h6-9,12,15,17H,4-5,10-11H2,1-3H3/t12?,15-/m0/s1. The van der Waals surface area contributed by atoms with Crippen molar-refractivity contribution in [1.82, 2.24) is 4.90 Å². The smallest absolute Gasteiger partial charge is 0.245 e. The van der Waals surface area contributed by atoms with E-state index in [0.717, 1.165) is 31.6 Å². The first kappa shape index (κ1) is 13.9. The number of anilines is 1. The molecule has 1 aromatic rings. The van der Waals surface area contributed by atoms with Gasteiger partial charge in [0.25, 0.3) is 0 Å². The number of nitrogens with one attached hydrogen (secondary N) is 1. The molecule has 1 aliphatic heterocycles. The Morgan fingerprint density at radius 2 is 2.16 bits per heavy atom. The lowest BCUT2D eigenvalue weighted by Crippen LogP contribution is -2.43. The van der Waals surface area contributed by atoms with E-state index < -0.39 is 0 Å². The molecule has 0 spiro atoms. The fourth-order valence-corrected chi connectivity index (χ4v) is 2.55. The number of hydrogen-bond donors (Lipinski definition) is 1. The van der Waals surface area contributed by atoms with Gasteiger partial charge in [0.1, 0.15) is 6.04 Å². The molecule has 1 heterocycles. The van der Waals surface area contributed by atoms with Crippen LogP contribution in [0.25, 0.3) is 0 Å². The van der Waals surface area contributed by atoms with Gasteiger partial charge in [-0.3, -0.25) is 4.79 Å². The van der Waals surface area contributed by atoms with E-state index in [1.807, 2.05) is 23.1 Å². The molecule has 19 heavy (non-hydrogen) atoms. The second-order valence-electron chi connectivity index (χ2n) is 5.45. The molecule has 3 nitrogen and oxygen atoms in total. The first-order valence-electron chi connectivity index (χ1n) is 7.28. The van der Waals surface area contributed by atoms with Crippen molar-refractivity contribution < 1.29 is 4.79 Å². The van der Waals surface area contributed by atoms with E-state index in [0.29, 0.717) is 5.92 Å². The van der Waals surface area contributed by atoms with Crippen LogP contribution < -0.4 is 5.32 Å². The summed E-state index contributed by atoms with van der Waals surface area (Å²) in [6.45, 7) is 8.08. The van der Waals surface area contributed by atoms with E-state index in [4.69, 9.17) is 0 Å². The van der Waals surface area contributed by atoms with E-state index in [9.17, 15) is 4.79 Å². The van der Waals surface area contributed by atoms with Gasteiger partial charge in [0.15, 0.2) is 0 Å². The highest BCUT2D eigenvalue weighted by Crippen LogP contribution is 2.26. The van der Waals surface area contributed by atoms with Crippen LogP contribution in [0.15, 0.2) is 24.3 Å². The first-order chi connectivity index (χ1) is 9.15. The Morgan fingerprint density at radius 1 is 1.42 bits per heavy atom. The van der Waals surface area contributed by atoms with Crippen molar-refractivity contribution in [2.24, 2.45) is 5.92 Å². The molecule has 104 valence electrons. The van der Waals surface area contributed by atoms with E-state index in [2.05, 4.69) is 32.2 Å². The van der Waals surface area contributed by atoms with Crippen LogP contribution in [0.4, 0.5) is 5.69 Å². The highest BCUT2D eigenvalue weighted by atomic mass is 16.2. The Balaban J connectivity index is 2.01. The number of hydrogen-bond acceptors (Lipinski definition) is 2. The average molecular weight is 260 g/mol. The van der Waals surface area contributed by atoms with Gasteiger partial charge in [-0.05, 0) is 24.5 Å². The van der Waals surface area contributed by atoms with Gasteiger partial charge in [0.2, 0.25) is 5.91 Å². The van der Waals surface area contributed by atoms with Gasteiger partial charge in [-0.25, -0.2) is 0 Å². The van der Waals surface area contributed by atoms with Gasteiger partial charge in [-0.1, -0.05) is 38.5 Å². The SMILES string of the molecule is CCC(C)CN(CC)C(=O)[C@@H]1Cc2ccccc2N1. The number of para-hydroxylation sites is 1. The number of carbonyl (C=O) groups excluding carboxylic acids is 1. The fourth-order valence-electron chi connectivity index (χ4n) is 2.55. The molecule has 1 aliphatic rings. The fraction of sp³-hybridized carbons (Fsp3) is 0.562. The van der Waals surface area contributed by atoms with Crippen LogP contribution in [0, 0.1) is 5.92 Å². The third-order valence-corrected chi connectivity index (χ3v) is 3.99. The number of amides is 1. The number of fused-ring (bicyclic) bond motifs is 1. The highest BCUT2D eigenvalue weighted by Gasteiger charge is 2.29. The molecule has 1 unspecified atom stereocenters. The number of rotatable bonds is 5. The normalized spacial score (nSPS) is 18.6. The molecule has 0 radical (unpaired) electrons. The third-order valence-electron chi connectivity index (χ3n) is 3.99. The Morgan fingerprint density at radius 3 is 2.79 bits per heavy atom. The van der Waals surface area contributed by atoms with Gasteiger partial charge in [-0.2, -0.15) is 0 Å². The molecule has 0 fully saturated rings. The molecule has 1 aromatic carbocycles. The molecule has 1 amide bonds. The Labute approximate surface area is 116 Å². The van der Waals surface area contributed by atoms with E-state index in [-0.39, 0.29) is 11.9 Å². The van der Waals surface area contributed by atoms with Crippen molar-refractivity contribution in [2.75, 3.05) is 18.4 Å².